The van der Waals surface area contributed by atoms with Crippen molar-refractivity contribution in [3.63, 3.8) is 0 Å². The number of amides is 1. The number of rotatable bonds is 6. The van der Waals surface area contributed by atoms with Crippen molar-refractivity contribution in [2.45, 2.75) is 43.5 Å². The van der Waals surface area contributed by atoms with Crippen LogP contribution in [0.3, 0.4) is 0 Å². The van der Waals surface area contributed by atoms with Crippen LogP contribution in [-0.2, 0) is 14.3 Å². The quantitative estimate of drug-likeness (QED) is 0.320. The molecule has 9 heteroatoms. The highest BCUT2D eigenvalue weighted by molar-refractivity contribution is 5.97. The second-order valence-corrected chi connectivity index (χ2v) is 7.01. The minimum Gasteiger partial charge on any atom is -0.504 e. The molecule has 29 heavy (non-hydrogen) atoms. The third kappa shape index (κ3) is 4.44. The highest BCUT2D eigenvalue weighted by atomic mass is 16.7. The topological polar surface area (TPSA) is 138 Å². The van der Waals surface area contributed by atoms with E-state index in [-0.39, 0.29) is 24.7 Å². The summed E-state index contributed by atoms with van der Waals surface area (Å²) in [7, 11) is 0. The molecule has 3 rings (SSSR count). The summed E-state index contributed by atoms with van der Waals surface area (Å²) >= 11 is 0. The van der Waals surface area contributed by atoms with E-state index in [9.17, 15) is 25.2 Å². The number of fused-ring (bicyclic) bond motifs is 1. The Morgan fingerprint density at radius 2 is 1.93 bits per heavy atom. The van der Waals surface area contributed by atoms with Gasteiger partial charge in [0.05, 0.1) is 6.04 Å². The average molecular weight is 407 g/mol. The Bertz CT molecular complexity index is 795. The molecule has 2 aliphatic rings. The first-order valence-corrected chi connectivity index (χ1v) is 9.16. The van der Waals surface area contributed by atoms with Crippen LogP contribution >= 0.6 is 0 Å². The third-order valence-corrected chi connectivity index (χ3v) is 4.98. The maximum Gasteiger partial charge on any atom is 0.247 e. The molecule has 1 saturated heterocycles. The summed E-state index contributed by atoms with van der Waals surface area (Å²) in [5.74, 6) is -0.344. The Balaban J connectivity index is 1.69. The van der Waals surface area contributed by atoms with E-state index in [1.54, 1.807) is 25.1 Å². The monoisotopic (exact) mass is 407 g/mol. The molecule has 0 radical (unpaired) electrons. The molecule has 0 spiro atoms. The van der Waals surface area contributed by atoms with Crippen LogP contribution < -0.4 is 10.1 Å². The van der Waals surface area contributed by atoms with Crippen LogP contribution in [0.4, 0.5) is 0 Å². The fourth-order valence-corrected chi connectivity index (χ4v) is 3.43. The number of nitrogens with one attached hydrogen (secondary N) is 1. The number of carbonyl (C=O) groups is 1. The van der Waals surface area contributed by atoms with E-state index in [0.29, 0.717) is 11.3 Å². The molecule has 1 amide bonds. The van der Waals surface area contributed by atoms with Crippen molar-refractivity contribution in [2.75, 3.05) is 13.4 Å². The Morgan fingerprint density at radius 1 is 1.24 bits per heavy atom. The molecular formula is C20H25NO8. The van der Waals surface area contributed by atoms with E-state index >= 15 is 0 Å². The van der Waals surface area contributed by atoms with Gasteiger partial charge in [-0.1, -0.05) is 18.7 Å². The molecule has 158 valence electrons. The normalized spacial score (nSPS) is 31.8. The number of benzene rings is 1. The molecule has 2 fully saturated rings. The zero-order valence-corrected chi connectivity index (χ0v) is 15.9. The first kappa shape index (κ1) is 21.3. The number of carbonyl (C=O) groups excluding carboxylic acids is 1. The highest BCUT2D eigenvalue weighted by Gasteiger charge is 2.53. The smallest absolute Gasteiger partial charge is 0.247 e. The molecular weight excluding hydrogens is 382 g/mol. The maximum atomic E-state index is 12.5. The van der Waals surface area contributed by atoms with Gasteiger partial charge in [-0.25, -0.2) is 0 Å². The van der Waals surface area contributed by atoms with Gasteiger partial charge in [0.2, 0.25) is 5.91 Å². The lowest BCUT2D eigenvalue weighted by atomic mass is 9.83. The van der Waals surface area contributed by atoms with Crippen LogP contribution in [0.25, 0.3) is 6.08 Å². The highest BCUT2D eigenvalue weighted by Crippen LogP contribution is 2.30. The lowest BCUT2D eigenvalue weighted by molar-refractivity contribution is -0.155. The Kier molecular flexibility index (Phi) is 6.56. The first-order chi connectivity index (χ1) is 13.8. The number of ether oxygens (including phenoxy) is 3. The van der Waals surface area contributed by atoms with Crippen molar-refractivity contribution in [3.8, 4) is 11.5 Å². The zero-order valence-electron chi connectivity index (χ0n) is 15.9. The van der Waals surface area contributed by atoms with E-state index in [0.717, 1.165) is 0 Å². The third-order valence-electron chi connectivity index (χ3n) is 4.98. The van der Waals surface area contributed by atoms with Gasteiger partial charge in [-0.3, -0.25) is 4.79 Å². The minimum absolute atomic E-state index is 0.0838. The van der Waals surface area contributed by atoms with Crippen molar-refractivity contribution in [1.29, 1.82) is 0 Å². The molecule has 0 unspecified atom stereocenters. The van der Waals surface area contributed by atoms with E-state index in [1.807, 2.05) is 0 Å². The fraction of sp³-hybridized carbons (Fsp3) is 0.450. The largest absolute Gasteiger partial charge is 0.504 e. The van der Waals surface area contributed by atoms with Gasteiger partial charge in [-0.15, -0.1) is 0 Å². The van der Waals surface area contributed by atoms with E-state index in [1.165, 1.54) is 12.1 Å². The number of hydrogen-bond donors (Lipinski definition) is 5. The summed E-state index contributed by atoms with van der Waals surface area (Å²) in [6.45, 7) is 5.23. The second kappa shape index (κ2) is 8.93. The van der Waals surface area contributed by atoms with Gasteiger partial charge < -0.3 is 40.0 Å². The number of phenols is 1. The average Bonchev–Trinajstić information content (AvgIpc) is 3.19. The summed E-state index contributed by atoms with van der Waals surface area (Å²) in [6, 6.07) is 3.54. The van der Waals surface area contributed by atoms with Crippen LogP contribution in [0, 0.1) is 0 Å². The Labute approximate surface area is 167 Å². The number of hydrogen-bond acceptors (Lipinski definition) is 8. The molecule has 5 N–H and O–H groups in total. The molecule has 9 nitrogen and oxygen atoms in total. The number of aliphatic hydroxyl groups is 3. The zero-order chi connectivity index (χ0) is 21.1. The number of phenolic OH excluding ortho intramolecular Hbond substituents is 1. The Hall–Kier alpha value is -2.43. The van der Waals surface area contributed by atoms with Gasteiger partial charge in [0.25, 0.3) is 0 Å². The van der Waals surface area contributed by atoms with Crippen LogP contribution in [-0.4, -0.2) is 76.3 Å². The SMILES string of the molecule is C=CCOc1ccc(/C=C(\C)C(=O)N[C@@H]2[C@H](O)[C@@H](O)[C@H]3OCO[C@H]3[C@@H]2O)cc1O. The second-order valence-electron chi connectivity index (χ2n) is 7.01. The van der Waals surface area contributed by atoms with E-state index in [4.69, 9.17) is 14.2 Å². The fourth-order valence-electron chi connectivity index (χ4n) is 3.43. The molecule has 6 atom stereocenters. The lowest BCUT2D eigenvalue weighted by Crippen LogP contribution is -2.67. The number of aliphatic hydroxyl groups excluding tert-OH is 3. The van der Waals surface area contributed by atoms with Crippen LogP contribution in [0.2, 0.25) is 0 Å². The summed E-state index contributed by atoms with van der Waals surface area (Å²) in [4.78, 5) is 12.5. The van der Waals surface area contributed by atoms with Crippen LogP contribution in [0.5, 0.6) is 11.5 Å². The first-order valence-electron chi connectivity index (χ1n) is 9.16. The summed E-state index contributed by atoms with van der Waals surface area (Å²) in [5, 5.41) is 43.4. The van der Waals surface area contributed by atoms with Crippen LogP contribution in [0.1, 0.15) is 12.5 Å². The summed E-state index contributed by atoms with van der Waals surface area (Å²) < 4.78 is 15.7. The van der Waals surface area contributed by atoms with E-state index in [2.05, 4.69) is 11.9 Å². The Morgan fingerprint density at radius 3 is 2.59 bits per heavy atom. The molecule has 1 aromatic carbocycles. The van der Waals surface area contributed by atoms with Crippen LogP contribution in [0.15, 0.2) is 36.4 Å². The van der Waals surface area contributed by atoms with Gasteiger partial charge in [0, 0.05) is 5.57 Å². The maximum absolute atomic E-state index is 12.5. The van der Waals surface area contributed by atoms with Gasteiger partial charge in [0.1, 0.15) is 43.9 Å². The van der Waals surface area contributed by atoms with Crippen molar-refractivity contribution in [1.82, 2.24) is 5.32 Å². The minimum atomic E-state index is -1.42. The summed E-state index contributed by atoms with van der Waals surface area (Å²) in [5.41, 5.74) is 0.822. The molecule has 1 saturated carbocycles. The molecule has 1 heterocycles. The van der Waals surface area contributed by atoms with Crippen molar-refractivity contribution in [2.24, 2.45) is 0 Å². The predicted octanol–water partition coefficient (Wildman–Crippen LogP) is -0.317. The van der Waals surface area contributed by atoms with Gasteiger partial charge in [-0.05, 0) is 30.7 Å². The van der Waals surface area contributed by atoms with Crippen molar-refractivity contribution < 1.29 is 39.4 Å². The molecule has 1 aromatic rings. The number of aromatic hydroxyl groups is 1. The molecule has 1 aliphatic carbocycles. The van der Waals surface area contributed by atoms with Crippen molar-refractivity contribution in [3.05, 3.63) is 42.0 Å². The van der Waals surface area contributed by atoms with Gasteiger partial charge in [-0.2, -0.15) is 0 Å². The van der Waals surface area contributed by atoms with Crippen molar-refractivity contribution >= 4 is 12.0 Å². The molecule has 1 aliphatic heterocycles. The lowest BCUT2D eigenvalue weighted by Gasteiger charge is -2.41. The van der Waals surface area contributed by atoms with Gasteiger partial charge >= 0.3 is 0 Å². The summed E-state index contributed by atoms with van der Waals surface area (Å²) in [6.07, 6.45) is -2.59. The molecule has 0 bridgehead atoms. The standard InChI is InChI=1S/C20H25NO8/c1-3-6-27-13-5-4-11(8-12(13)22)7-10(2)20(26)21-14-15(23)17(25)19-18(16(14)24)28-9-29-19/h3-5,7-8,14-19,22-25H,1,6,9H2,2H3,(H,21,26)/b10-7+/t14-,15+,16-,17-,18+,19-/m1/s1. The van der Waals surface area contributed by atoms with E-state index < -0.39 is 42.5 Å². The molecule has 0 aromatic heterocycles. The predicted molar refractivity (Wildman–Crippen MR) is 102 cm³/mol. The van der Waals surface area contributed by atoms with Gasteiger partial charge in [0.15, 0.2) is 11.5 Å².